The van der Waals surface area contributed by atoms with Gasteiger partial charge in [-0.15, -0.1) is 10.2 Å². The van der Waals surface area contributed by atoms with Gasteiger partial charge < -0.3 is 4.42 Å². The molecule has 1 aromatic carbocycles. The Balaban J connectivity index is 2.25. The van der Waals surface area contributed by atoms with E-state index in [4.69, 9.17) is 4.42 Å². The second-order valence-electron chi connectivity index (χ2n) is 3.26. The minimum Gasteiger partial charge on any atom is -0.421 e. The molecule has 0 unspecified atom stereocenters. The first-order valence-corrected chi connectivity index (χ1v) is 5.96. The number of aromatic nitrogens is 2. The molecule has 0 aliphatic heterocycles. The molecule has 0 aliphatic carbocycles. The average Bonchev–Trinajstić information content (AvgIpc) is 2.68. The van der Waals surface area contributed by atoms with E-state index in [1.807, 2.05) is 24.3 Å². The summed E-state index contributed by atoms with van der Waals surface area (Å²) in [5.41, 5.74) is 0.977. The highest BCUT2D eigenvalue weighted by atomic mass is 127. The maximum absolute atomic E-state index is 5.53. The minimum absolute atomic E-state index is 0.606. The van der Waals surface area contributed by atoms with Gasteiger partial charge >= 0.3 is 0 Å². The Morgan fingerprint density at radius 2 is 1.93 bits per heavy atom. The molecule has 2 aromatic rings. The molecule has 0 fully saturated rings. The van der Waals surface area contributed by atoms with E-state index in [1.54, 1.807) is 0 Å². The lowest BCUT2D eigenvalue weighted by Gasteiger charge is -1.94. The predicted molar refractivity (Wildman–Crippen MR) is 66.4 cm³/mol. The zero-order valence-corrected chi connectivity index (χ0v) is 10.6. The lowest BCUT2D eigenvalue weighted by atomic mass is 10.2. The van der Waals surface area contributed by atoms with E-state index in [0.717, 1.165) is 18.4 Å². The van der Waals surface area contributed by atoms with Crippen LogP contribution in [0.1, 0.15) is 19.2 Å². The highest BCUT2D eigenvalue weighted by Crippen LogP contribution is 2.19. The molecule has 3 nitrogen and oxygen atoms in total. The van der Waals surface area contributed by atoms with Crippen molar-refractivity contribution < 1.29 is 4.42 Å². The van der Waals surface area contributed by atoms with Crippen LogP contribution in [0.5, 0.6) is 0 Å². The standard InChI is InChI=1S/C11H11IN2O/c1-2-3-10-13-14-11(15-10)8-4-6-9(12)7-5-8/h4-7H,2-3H2,1H3. The highest BCUT2D eigenvalue weighted by molar-refractivity contribution is 14.1. The Labute approximate surface area is 102 Å². The molecule has 0 saturated carbocycles. The van der Waals surface area contributed by atoms with Crippen LogP contribution in [0.2, 0.25) is 0 Å². The number of benzene rings is 1. The maximum Gasteiger partial charge on any atom is 0.247 e. The van der Waals surface area contributed by atoms with Gasteiger partial charge in [-0.2, -0.15) is 0 Å². The molecule has 0 atom stereocenters. The van der Waals surface area contributed by atoms with Crippen molar-refractivity contribution in [3.63, 3.8) is 0 Å². The van der Waals surface area contributed by atoms with E-state index in [0.29, 0.717) is 11.8 Å². The van der Waals surface area contributed by atoms with Gasteiger partial charge in [0.2, 0.25) is 11.8 Å². The fourth-order valence-corrected chi connectivity index (χ4v) is 1.64. The van der Waals surface area contributed by atoms with Gasteiger partial charge in [-0.25, -0.2) is 0 Å². The quantitative estimate of drug-likeness (QED) is 0.816. The number of rotatable bonds is 3. The van der Waals surface area contributed by atoms with Crippen LogP contribution in [0.25, 0.3) is 11.5 Å². The molecule has 1 aromatic heterocycles. The molecule has 0 N–H and O–H groups in total. The minimum atomic E-state index is 0.606. The summed E-state index contributed by atoms with van der Waals surface area (Å²) in [6, 6.07) is 8.04. The number of aryl methyl sites for hydroxylation is 1. The van der Waals surface area contributed by atoms with E-state index >= 15 is 0 Å². The van der Waals surface area contributed by atoms with Crippen molar-refractivity contribution in [3.8, 4) is 11.5 Å². The molecule has 0 bridgehead atoms. The molecule has 15 heavy (non-hydrogen) atoms. The maximum atomic E-state index is 5.53. The Bertz CT molecular complexity index is 436. The summed E-state index contributed by atoms with van der Waals surface area (Å²) in [6.07, 6.45) is 1.87. The molecule has 0 spiro atoms. The SMILES string of the molecule is CCCc1nnc(-c2ccc(I)cc2)o1. The Morgan fingerprint density at radius 1 is 1.20 bits per heavy atom. The van der Waals surface area contributed by atoms with Crippen LogP contribution in [0.15, 0.2) is 28.7 Å². The summed E-state index contributed by atoms with van der Waals surface area (Å²) in [5, 5.41) is 8.00. The van der Waals surface area contributed by atoms with Crippen LogP contribution in [-0.4, -0.2) is 10.2 Å². The number of halogens is 1. The number of hydrogen-bond acceptors (Lipinski definition) is 3. The van der Waals surface area contributed by atoms with E-state index < -0.39 is 0 Å². The van der Waals surface area contributed by atoms with Gasteiger partial charge in [0.25, 0.3) is 0 Å². The van der Waals surface area contributed by atoms with Crippen LogP contribution in [0.3, 0.4) is 0 Å². The van der Waals surface area contributed by atoms with Crippen molar-refractivity contribution in [1.29, 1.82) is 0 Å². The smallest absolute Gasteiger partial charge is 0.247 e. The fourth-order valence-electron chi connectivity index (χ4n) is 1.28. The van der Waals surface area contributed by atoms with Crippen LogP contribution in [0.4, 0.5) is 0 Å². The summed E-state index contributed by atoms with van der Waals surface area (Å²) in [5.74, 6) is 1.32. The van der Waals surface area contributed by atoms with Gasteiger partial charge in [-0.05, 0) is 53.3 Å². The second kappa shape index (κ2) is 4.74. The molecule has 4 heteroatoms. The number of hydrogen-bond donors (Lipinski definition) is 0. The summed E-state index contributed by atoms with van der Waals surface area (Å²) >= 11 is 2.27. The Kier molecular flexibility index (Phi) is 3.35. The molecule has 78 valence electrons. The first-order chi connectivity index (χ1) is 7.29. The lowest BCUT2D eigenvalue weighted by Crippen LogP contribution is -1.80. The highest BCUT2D eigenvalue weighted by Gasteiger charge is 2.06. The monoisotopic (exact) mass is 314 g/mol. The molecule has 0 saturated heterocycles. The molecule has 0 amide bonds. The zero-order valence-electron chi connectivity index (χ0n) is 8.40. The summed E-state index contributed by atoms with van der Waals surface area (Å²) < 4.78 is 6.72. The Morgan fingerprint density at radius 3 is 2.60 bits per heavy atom. The van der Waals surface area contributed by atoms with Crippen molar-refractivity contribution in [2.45, 2.75) is 19.8 Å². The lowest BCUT2D eigenvalue weighted by molar-refractivity contribution is 0.502. The average molecular weight is 314 g/mol. The topological polar surface area (TPSA) is 38.9 Å². The molecular weight excluding hydrogens is 303 g/mol. The van der Waals surface area contributed by atoms with Crippen molar-refractivity contribution in [2.24, 2.45) is 0 Å². The van der Waals surface area contributed by atoms with Crippen LogP contribution in [-0.2, 0) is 6.42 Å². The zero-order chi connectivity index (χ0) is 10.7. The first-order valence-electron chi connectivity index (χ1n) is 4.88. The van der Waals surface area contributed by atoms with E-state index in [1.165, 1.54) is 3.57 Å². The van der Waals surface area contributed by atoms with Crippen molar-refractivity contribution in [1.82, 2.24) is 10.2 Å². The van der Waals surface area contributed by atoms with E-state index in [-0.39, 0.29) is 0 Å². The summed E-state index contributed by atoms with van der Waals surface area (Å²) in [6.45, 7) is 2.09. The van der Waals surface area contributed by atoms with Crippen LogP contribution >= 0.6 is 22.6 Å². The van der Waals surface area contributed by atoms with E-state index in [2.05, 4.69) is 39.7 Å². The third kappa shape index (κ3) is 2.56. The fraction of sp³-hybridized carbons (Fsp3) is 0.273. The van der Waals surface area contributed by atoms with Gasteiger partial charge in [0, 0.05) is 15.6 Å². The summed E-state index contributed by atoms with van der Waals surface area (Å²) in [7, 11) is 0. The Hall–Kier alpha value is -0.910. The van der Waals surface area contributed by atoms with Crippen LogP contribution in [0, 0.1) is 3.57 Å². The van der Waals surface area contributed by atoms with Gasteiger partial charge in [0.05, 0.1) is 0 Å². The van der Waals surface area contributed by atoms with Crippen molar-refractivity contribution in [2.75, 3.05) is 0 Å². The van der Waals surface area contributed by atoms with Gasteiger partial charge in [-0.1, -0.05) is 6.92 Å². The third-order valence-electron chi connectivity index (χ3n) is 2.02. The van der Waals surface area contributed by atoms with Gasteiger partial charge in [0.1, 0.15) is 0 Å². The summed E-state index contributed by atoms with van der Waals surface area (Å²) in [4.78, 5) is 0. The van der Waals surface area contributed by atoms with Crippen LogP contribution < -0.4 is 0 Å². The largest absolute Gasteiger partial charge is 0.421 e. The molecule has 1 heterocycles. The van der Waals surface area contributed by atoms with Gasteiger partial charge in [-0.3, -0.25) is 0 Å². The number of nitrogens with zero attached hydrogens (tertiary/aromatic N) is 2. The van der Waals surface area contributed by atoms with Crippen molar-refractivity contribution in [3.05, 3.63) is 33.7 Å². The molecule has 2 rings (SSSR count). The third-order valence-corrected chi connectivity index (χ3v) is 2.74. The predicted octanol–water partition coefficient (Wildman–Crippen LogP) is 3.29. The second-order valence-corrected chi connectivity index (χ2v) is 4.50. The first kappa shape index (κ1) is 10.6. The normalized spacial score (nSPS) is 10.5. The van der Waals surface area contributed by atoms with E-state index in [9.17, 15) is 0 Å². The van der Waals surface area contributed by atoms with Crippen molar-refractivity contribution >= 4 is 22.6 Å². The molecule has 0 aliphatic rings. The molecular formula is C11H11IN2O. The molecule has 0 radical (unpaired) electrons. The van der Waals surface area contributed by atoms with Gasteiger partial charge in [0.15, 0.2) is 0 Å².